The van der Waals surface area contributed by atoms with Gasteiger partial charge in [-0.25, -0.2) is 0 Å². The monoisotopic (exact) mass is 289 g/mol. The zero-order valence-corrected chi connectivity index (χ0v) is 11.6. The first-order chi connectivity index (χ1) is 9.29. The van der Waals surface area contributed by atoms with Crippen molar-refractivity contribution in [3.05, 3.63) is 0 Å². The Balaban J connectivity index is 2.82. The molecule has 1 saturated heterocycles. The molecule has 0 unspecified atom stereocenters. The van der Waals surface area contributed by atoms with Crippen LogP contribution >= 0.6 is 0 Å². The summed E-state index contributed by atoms with van der Waals surface area (Å²) in [6, 6.07) is -0.610. The predicted molar refractivity (Wildman–Crippen MR) is 65.3 cm³/mol. The Morgan fingerprint density at radius 1 is 1.25 bits per heavy atom. The van der Waals surface area contributed by atoms with Gasteiger partial charge in [0.05, 0.1) is 6.04 Å². The maximum absolute atomic E-state index is 11.2. The molecule has 1 aliphatic heterocycles. The van der Waals surface area contributed by atoms with Crippen LogP contribution < -0.4 is 5.32 Å². The molecule has 1 heterocycles. The number of carbonyl (C=O) groups excluding carboxylic acids is 3. The van der Waals surface area contributed by atoms with Crippen LogP contribution in [0.5, 0.6) is 0 Å². The second-order valence-electron chi connectivity index (χ2n) is 4.55. The van der Waals surface area contributed by atoms with Crippen molar-refractivity contribution in [2.45, 2.75) is 51.7 Å². The number of aliphatic hydroxyl groups excluding tert-OH is 1. The van der Waals surface area contributed by atoms with Gasteiger partial charge in [-0.1, -0.05) is 0 Å². The molecule has 0 radical (unpaired) electrons. The number of nitrogens with one attached hydrogen (secondary N) is 1. The summed E-state index contributed by atoms with van der Waals surface area (Å²) in [4.78, 5) is 33.1. The van der Waals surface area contributed by atoms with Crippen LogP contribution in [-0.4, -0.2) is 54.1 Å². The van der Waals surface area contributed by atoms with Gasteiger partial charge in [0.2, 0.25) is 5.91 Å². The third-order valence-corrected chi connectivity index (χ3v) is 2.69. The molecule has 8 heteroatoms. The highest BCUT2D eigenvalue weighted by molar-refractivity contribution is 5.73. The molecule has 1 fully saturated rings. The number of ether oxygens (including phenoxy) is 3. The zero-order chi connectivity index (χ0) is 15.3. The normalized spacial score (nSPS) is 29.4. The van der Waals surface area contributed by atoms with Gasteiger partial charge in [-0.2, -0.15) is 0 Å². The first-order valence-corrected chi connectivity index (χ1v) is 6.20. The molecule has 0 aliphatic carbocycles. The van der Waals surface area contributed by atoms with E-state index in [0.29, 0.717) is 0 Å². The molecule has 2 N–H and O–H groups in total. The summed E-state index contributed by atoms with van der Waals surface area (Å²) >= 11 is 0. The van der Waals surface area contributed by atoms with Gasteiger partial charge < -0.3 is 24.6 Å². The Morgan fingerprint density at radius 2 is 1.90 bits per heavy atom. The molecule has 114 valence electrons. The molecule has 1 rings (SSSR count). The number of hydrogen-bond donors (Lipinski definition) is 2. The fraction of sp³-hybridized carbons (Fsp3) is 0.750. The van der Waals surface area contributed by atoms with Crippen molar-refractivity contribution in [2.75, 3.05) is 6.61 Å². The SMILES string of the molecule is CC(=O)N[C@@H]1C[C@@H](O)O[C@H](COC(C)=O)[C@@H]1OC(C)=O. The van der Waals surface area contributed by atoms with Crippen molar-refractivity contribution in [1.82, 2.24) is 5.32 Å². The Bertz CT molecular complexity index is 384. The van der Waals surface area contributed by atoms with Crippen LogP contribution in [0, 0.1) is 0 Å². The van der Waals surface area contributed by atoms with Crippen molar-refractivity contribution >= 4 is 17.8 Å². The topological polar surface area (TPSA) is 111 Å². The average Bonchev–Trinajstić information content (AvgIpc) is 2.28. The van der Waals surface area contributed by atoms with E-state index in [-0.39, 0.29) is 18.9 Å². The molecule has 0 aromatic heterocycles. The van der Waals surface area contributed by atoms with Crippen LogP contribution in [0.25, 0.3) is 0 Å². The van der Waals surface area contributed by atoms with Gasteiger partial charge in [0, 0.05) is 27.2 Å². The lowest BCUT2D eigenvalue weighted by molar-refractivity contribution is -0.228. The van der Waals surface area contributed by atoms with Gasteiger partial charge in [0.15, 0.2) is 12.4 Å². The van der Waals surface area contributed by atoms with Crippen molar-refractivity contribution in [2.24, 2.45) is 0 Å². The van der Waals surface area contributed by atoms with E-state index in [0.717, 1.165) is 0 Å². The van der Waals surface area contributed by atoms with E-state index in [4.69, 9.17) is 14.2 Å². The molecular formula is C12H19NO7. The van der Waals surface area contributed by atoms with E-state index in [2.05, 4.69) is 5.32 Å². The molecule has 20 heavy (non-hydrogen) atoms. The third-order valence-electron chi connectivity index (χ3n) is 2.69. The summed E-state index contributed by atoms with van der Waals surface area (Å²) in [6.07, 6.45) is -2.74. The lowest BCUT2D eigenvalue weighted by Crippen LogP contribution is -2.58. The van der Waals surface area contributed by atoms with Gasteiger partial charge in [0.1, 0.15) is 12.7 Å². The van der Waals surface area contributed by atoms with Gasteiger partial charge in [-0.3, -0.25) is 14.4 Å². The maximum atomic E-state index is 11.2. The zero-order valence-electron chi connectivity index (χ0n) is 11.6. The summed E-state index contributed by atoms with van der Waals surface area (Å²) in [5.41, 5.74) is 0. The van der Waals surface area contributed by atoms with Gasteiger partial charge in [0.25, 0.3) is 0 Å². The maximum Gasteiger partial charge on any atom is 0.303 e. The van der Waals surface area contributed by atoms with Crippen LogP contribution in [0.15, 0.2) is 0 Å². The van der Waals surface area contributed by atoms with Gasteiger partial charge >= 0.3 is 11.9 Å². The smallest absolute Gasteiger partial charge is 0.303 e. The average molecular weight is 289 g/mol. The van der Waals surface area contributed by atoms with Gasteiger partial charge in [-0.05, 0) is 0 Å². The molecule has 0 bridgehead atoms. The van der Waals surface area contributed by atoms with Crippen molar-refractivity contribution in [3.63, 3.8) is 0 Å². The fourth-order valence-electron chi connectivity index (χ4n) is 2.03. The quantitative estimate of drug-likeness (QED) is 0.645. The molecule has 8 nitrogen and oxygen atoms in total. The van der Waals surface area contributed by atoms with E-state index in [1.54, 1.807) is 0 Å². The number of rotatable bonds is 4. The van der Waals surface area contributed by atoms with Crippen LogP contribution in [0.4, 0.5) is 0 Å². The number of hydrogen-bond acceptors (Lipinski definition) is 7. The van der Waals surface area contributed by atoms with E-state index in [9.17, 15) is 19.5 Å². The highest BCUT2D eigenvalue weighted by atomic mass is 16.6. The molecule has 0 aromatic rings. The minimum atomic E-state index is -1.14. The summed E-state index contributed by atoms with van der Waals surface area (Å²) in [7, 11) is 0. The van der Waals surface area contributed by atoms with Crippen LogP contribution in [0.1, 0.15) is 27.2 Å². The summed E-state index contributed by atoms with van der Waals surface area (Å²) in [5, 5.41) is 12.2. The first kappa shape index (κ1) is 16.4. The van der Waals surface area contributed by atoms with Crippen LogP contribution in [-0.2, 0) is 28.6 Å². The molecule has 0 spiro atoms. The molecular weight excluding hydrogens is 270 g/mol. The van der Waals surface area contributed by atoms with Crippen molar-refractivity contribution in [3.8, 4) is 0 Å². The molecule has 0 aromatic carbocycles. The third kappa shape index (κ3) is 5.14. The van der Waals surface area contributed by atoms with Crippen LogP contribution in [0.3, 0.4) is 0 Å². The summed E-state index contributed by atoms with van der Waals surface area (Å²) in [5.74, 6) is -1.41. The largest absolute Gasteiger partial charge is 0.463 e. The predicted octanol–water partition coefficient (Wildman–Crippen LogP) is -0.907. The van der Waals surface area contributed by atoms with Crippen molar-refractivity contribution in [1.29, 1.82) is 0 Å². The molecule has 1 amide bonds. The Morgan fingerprint density at radius 3 is 2.40 bits per heavy atom. The minimum absolute atomic E-state index is 0.0775. The number of aliphatic hydroxyl groups is 1. The van der Waals surface area contributed by atoms with E-state index in [1.807, 2.05) is 0 Å². The summed E-state index contributed by atoms with van der Waals surface area (Å²) in [6.45, 7) is 3.58. The Kier molecular flexibility index (Phi) is 5.90. The van der Waals surface area contributed by atoms with E-state index in [1.165, 1.54) is 20.8 Å². The fourth-order valence-corrected chi connectivity index (χ4v) is 2.03. The highest BCUT2D eigenvalue weighted by Gasteiger charge is 2.41. The lowest BCUT2D eigenvalue weighted by atomic mass is 9.98. The van der Waals surface area contributed by atoms with Gasteiger partial charge in [-0.15, -0.1) is 0 Å². The van der Waals surface area contributed by atoms with E-state index < -0.39 is 36.5 Å². The second kappa shape index (κ2) is 7.20. The highest BCUT2D eigenvalue weighted by Crippen LogP contribution is 2.22. The second-order valence-corrected chi connectivity index (χ2v) is 4.55. The van der Waals surface area contributed by atoms with E-state index >= 15 is 0 Å². The van der Waals surface area contributed by atoms with Crippen molar-refractivity contribution < 1.29 is 33.7 Å². The first-order valence-electron chi connectivity index (χ1n) is 6.20. The number of carbonyl (C=O) groups is 3. The number of amides is 1. The Labute approximate surface area is 116 Å². The standard InChI is InChI=1S/C12H19NO7/c1-6(14)13-9-4-11(17)20-10(5-18-7(2)15)12(9)19-8(3)16/h9-12,17H,4-5H2,1-3H3,(H,13,14)/t9-,10-,11+,12-/m1/s1. The lowest BCUT2D eigenvalue weighted by Gasteiger charge is -2.39. The molecule has 1 aliphatic rings. The molecule has 0 saturated carbocycles. The summed E-state index contributed by atoms with van der Waals surface area (Å²) < 4.78 is 15.1. The minimum Gasteiger partial charge on any atom is -0.463 e. The van der Waals surface area contributed by atoms with Crippen LogP contribution in [0.2, 0.25) is 0 Å². The number of esters is 2. The Hall–Kier alpha value is -1.67. The molecule has 4 atom stereocenters.